The number of rotatable bonds is 4. The number of esters is 1. The molecule has 1 saturated heterocycles. The third kappa shape index (κ3) is 2.13. The molecule has 0 saturated carbocycles. The average molecular weight is 189 g/mol. The van der Waals surface area contributed by atoms with Crippen molar-refractivity contribution in [2.75, 3.05) is 13.2 Å². The SMILES string of the molecule is C=CCO[P+](=O)C1CCOC1=O. The Morgan fingerprint density at radius 3 is 3.08 bits per heavy atom. The van der Waals surface area contributed by atoms with Crippen LogP contribution >= 0.6 is 8.03 Å². The maximum atomic E-state index is 11.2. The monoisotopic (exact) mass is 189 g/mol. The lowest BCUT2D eigenvalue weighted by atomic mass is 10.4. The van der Waals surface area contributed by atoms with Gasteiger partial charge in [-0.1, -0.05) is 6.08 Å². The van der Waals surface area contributed by atoms with Crippen molar-refractivity contribution in [2.24, 2.45) is 0 Å². The summed E-state index contributed by atoms with van der Waals surface area (Å²) in [6.07, 6.45) is 1.98. The predicted octanol–water partition coefficient (Wildman–Crippen LogP) is 1.25. The Kier molecular flexibility index (Phi) is 3.38. The Balaban J connectivity index is 2.40. The van der Waals surface area contributed by atoms with Crippen molar-refractivity contribution in [1.82, 2.24) is 0 Å². The molecule has 0 radical (unpaired) electrons. The van der Waals surface area contributed by atoms with Gasteiger partial charge in [-0.15, -0.1) is 11.1 Å². The van der Waals surface area contributed by atoms with Crippen molar-refractivity contribution in [3.8, 4) is 0 Å². The molecule has 5 heteroatoms. The maximum absolute atomic E-state index is 11.2. The summed E-state index contributed by atoms with van der Waals surface area (Å²) in [6, 6.07) is 0. The van der Waals surface area contributed by atoms with Gasteiger partial charge in [0.1, 0.15) is 6.61 Å². The normalized spacial score (nSPS) is 23.5. The van der Waals surface area contributed by atoms with Gasteiger partial charge in [0.05, 0.1) is 6.61 Å². The van der Waals surface area contributed by atoms with E-state index < -0.39 is 19.7 Å². The highest BCUT2D eigenvalue weighted by Gasteiger charge is 2.44. The second-order valence-corrected chi connectivity index (χ2v) is 3.79. The fourth-order valence-corrected chi connectivity index (χ4v) is 1.89. The topological polar surface area (TPSA) is 52.6 Å². The van der Waals surface area contributed by atoms with E-state index in [1.165, 1.54) is 6.08 Å². The zero-order chi connectivity index (χ0) is 8.97. The average Bonchev–Trinajstić information content (AvgIpc) is 2.47. The molecule has 2 unspecified atom stereocenters. The van der Waals surface area contributed by atoms with Crippen molar-refractivity contribution >= 4 is 14.0 Å². The number of hydrogen-bond donors (Lipinski definition) is 0. The summed E-state index contributed by atoms with van der Waals surface area (Å²) in [6.45, 7) is 3.97. The van der Waals surface area contributed by atoms with E-state index in [-0.39, 0.29) is 6.61 Å². The molecular formula is C7H10O4P+. The number of carbonyl (C=O) groups excluding carboxylic acids is 1. The van der Waals surface area contributed by atoms with Crippen molar-refractivity contribution in [3.05, 3.63) is 12.7 Å². The van der Waals surface area contributed by atoms with E-state index in [0.29, 0.717) is 13.0 Å². The lowest BCUT2D eigenvalue weighted by Gasteiger charge is -1.89. The molecule has 4 nitrogen and oxygen atoms in total. The zero-order valence-electron chi connectivity index (χ0n) is 6.56. The molecule has 12 heavy (non-hydrogen) atoms. The quantitative estimate of drug-likeness (QED) is 0.379. The Labute approximate surface area is 71.4 Å². The van der Waals surface area contributed by atoms with Crippen LogP contribution in [0.1, 0.15) is 6.42 Å². The predicted molar refractivity (Wildman–Crippen MR) is 43.1 cm³/mol. The van der Waals surface area contributed by atoms with Gasteiger partial charge in [0.15, 0.2) is 0 Å². The minimum atomic E-state index is -1.92. The summed E-state index contributed by atoms with van der Waals surface area (Å²) in [5.74, 6) is -0.417. The summed E-state index contributed by atoms with van der Waals surface area (Å²) in [4.78, 5) is 10.9. The van der Waals surface area contributed by atoms with Crippen LogP contribution < -0.4 is 0 Å². The first kappa shape index (κ1) is 9.36. The van der Waals surface area contributed by atoms with Crippen LogP contribution in [0.5, 0.6) is 0 Å². The van der Waals surface area contributed by atoms with Crippen molar-refractivity contribution in [3.63, 3.8) is 0 Å². The number of hydrogen-bond acceptors (Lipinski definition) is 4. The van der Waals surface area contributed by atoms with Gasteiger partial charge in [0.2, 0.25) is 0 Å². The van der Waals surface area contributed by atoms with Crippen LogP contribution in [0.25, 0.3) is 0 Å². The molecule has 1 rings (SSSR count). The van der Waals surface area contributed by atoms with Crippen LogP contribution in [0, 0.1) is 0 Å². The highest BCUT2D eigenvalue weighted by Crippen LogP contribution is 2.35. The first-order valence-corrected chi connectivity index (χ1v) is 4.87. The van der Waals surface area contributed by atoms with E-state index >= 15 is 0 Å². The van der Waals surface area contributed by atoms with E-state index in [1.807, 2.05) is 0 Å². The molecule has 0 bridgehead atoms. The molecule has 66 valence electrons. The van der Waals surface area contributed by atoms with Crippen molar-refractivity contribution in [1.29, 1.82) is 0 Å². The van der Waals surface area contributed by atoms with Gasteiger partial charge in [0, 0.05) is 6.42 Å². The smallest absolute Gasteiger partial charge is 0.462 e. The molecule has 0 spiro atoms. The van der Waals surface area contributed by atoms with Crippen LogP contribution in [0.2, 0.25) is 0 Å². The molecule has 0 aromatic heterocycles. The molecule has 0 amide bonds. The van der Waals surface area contributed by atoms with Gasteiger partial charge >= 0.3 is 14.0 Å². The minimum Gasteiger partial charge on any atom is -0.462 e. The fourth-order valence-electron chi connectivity index (χ4n) is 0.893. The van der Waals surface area contributed by atoms with Crippen LogP contribution in [0.3, 0.4) is 0 Å². The van der Waals surface area contributed by atoms with Crippen LogP contribution in [-0.2, 0) is 18.6 Å². The fraction of sp³-hybridized carbons (Fsp3) is 0.571. The molecule has 0 aromatic carbocycles. The van der Waals surface area contributed by atoms with Gasteiger partial charge in [-0.05, 0) is 4.57 Å². The molecule has 1 aliphatic rings. The van der Waals surface area contributed by atoms with Crippen LogP contribution in [-0.4, -0.2) is 24.8 Å². The molecular weight excluding hydrogens is 179 g/mol. The number of ether oxygens (including phenoxy) is 1. The molecule has 0 N–H and O–H groups in total. The maximum Gasteiger partial charge on any atom is 0.523 e. The third-order valence-corrected chi connectivity index (χ3v) is 2.86. The molecule has 1 heterocycles. The summed E-state index contributed by atoms with van der Waals surface area (Å²) >= 11 is 0. The summed E-state index contributed by atoms with van der Waals surface area (Å²) in [5, 5.41) is 0. The molecule has 1 aliphatic heterocycles. The van der Waals surface area contributed by atoms with Gasteiger partial charge in [-0.25, -0.2) is 4.79 Å². The largest absolute Gasteiger partial charge is 0.523 e. The van der Waals surface area contributed by atoms with E-state index in [1.54, 1.807) is 0 Å². The van der Waals surface area contributed by atoms with E-state index in [9.17, 15) is 9.36 Å². The molecule has 0 aromatic rings. The Hall–Kier alpha value is -0.730. The van der Waals surface area contributed by atoms with Gasteiger partial charge in [-0.3, -0.25) is 0 Å². The van der Waals surface area contributed by atoms with Gasteiger partial charge < -0.3 is 4.74 Å². The standard InChI is InChI=1S/C7H10O4P/c1-2-4-11-12(9)6-3-5-10-7(6)8/h2,6H,1,3-5H2/q+1. The minimum absolute atomic E-state index is 0.207. The number of cyclic esters (lactones) is 1. The summed E-state index contributed by atoms with van der Waals surface area (Å²) in [7, 11) is -1.92. The van der Waals surface area contributed by atoms with E-state index in [2.05, 4.69) is 11.3 Å². The summed E-state index contributed by atoms with van der Waals surface area (Å²) in [5.41, 5.74) is -0.569. The lowest BCUT2D eigenvalue weighted by Crippen LogP contribution is -2.10. The second kappa shape index (κ2) is 4.33. The van der Waals surface area contributed by atoms with E-state index in [0.717, 1.165) is 0 Å². The first-order chi connectivity index (χ1) is 5.75. The molecule has 2 atom stereocenters. The van der Waals surface area contributed by atoms with Gasteiger partial charge in [-0.2, -0.15) is 0 Å². The second-order valence-electron chi connectivity index (χ2n) is 2.34. The first-order valence-electron chi connectivity index (χ1n) is 3.62. The van der Waals surface area contributed by atoms with E-state index in [4.69, 9.17) is 4.52 Å². The van der Waals surface area contributed by atoms with Crippen LogP contribution in [0.15, 0.2) is 12.7 Å². The van der Waals surface area contributed by atoms with Gasteiger partial charge in [0.25, 0.3) is 5.66 Å². The highest BCUT2D eigenvalue weighted by atomic mass is 31.1. The lowest BCUT2D eigenvalue weighted by molar-refractivity contribution is -0.137. The molecule has 0 aliphatic carbocycles. The Morgan fingerprint density at radius 1 is 1.83 bits per heavy atom. The summed E-state index contributed by atoms with van der Waals surface area (Å²) < 4.78 is 20.7. The van der Waals surface area contributed by atoms with Crippen molar-refractivity contribution < 1.29 is 18.6 Å². The zero-order valence-corrected chi connectivity index (χ0v) is 7.46. The third-order valence-electron chi connectivity index (χ3n) is 1.48. The highest BCUT2D eigenvalue weighted by molar-refractivity contribution is 7.41. The Bertz CT molecular complexity index is 213. The Morgan fingerprint density at radius 2 is 2.58 bits per heavy atom. The van der Waals surface area contributed by atoms with Crippen molar-refractivity contribution in [2.45, 2.75) is 12.1 Å². The molecule has 1 fully saturated rings. The number of carbonyl (C=O) groups is 1. The van der Waals surface area contributed by atoms with Crippen LogP contribution in [0.4, 0.5) is 0 Å².